The average Bonchev–Trinajstić information content (AvgIpc) is 3.62. The summed E-state index contributed by atoms with van der Waals surface area (Å²) in [6.45, 7) is 1.41. The minimum atomic E-state index is 0.0553. The number of aromatic amines is 1. The summed E-state index contributed by atoms with van der Waals surface area (Å²) in [6.07, 6.45) is 7.16. The van der Waals surface area contributed by atoms with E-state index in [1.54, 1.807) is 36.5 Å². The highest BCUT2D eigenvalue weighted by atomic mass is 32.1. The number of nitrogens with one attached hydrogen (secondary N) is 1. The van der Waals surface area contributed by atoms with Gasteiger partial charge in [0.05, 0.1) is 11.2 Å². The van der Waals surface area contributed by atoms with Crippen molar-refractivity contribution in [1.82, 2.24) is 34.1 Å². The molecular formula is C25H26N8OS. The zero-order chi connectivity index (χ0) is 24.1. The second-order valence-corrected chi connectivity index (χ2v) is 9.97. The number of amides is 2. The lowest BCUT2D eigenvalue weighted by molar-refractivity contribution is 0.155. The maximum absolute atomic E-state index is 12.4. The van der Waals surface area contributed by atoms with E-state index < -0.39 is 0 Å². The van der Waals surface area contributed by atoms with Crippen molar-refractivity contribution < 1.29 is 4.79 Å². The third kappa shape index (κ3) is 3.61. The van der Waals surface area contributed by atoms with E-state index in [0.717, 1.165) is 57.0 Å². The number of H-pyrrole nitrogens is 1. The summed E-state index contributed by atoms with van der Waals surface area (Å²) in [6, 6.07) is 8.39. The van der Waals surface area contributed by atoms with Crippen LogP contribution in [0.2, 0.25) is 0 Å². The fourth-order valence-electron chi connectivity index (χ4n) is 4.99. The Morgan fingerprint density at radius 2 is 2.03 bits per heavy atom. The number of para-hydroxylation sites is 1. The first-order valence-corrected chi connectivity index (χ1v) is 12.5. The number of hydrogen-bond acceptors (Lipinski definition) is 6. The Labute approximate surface area is 206 Å². The number of imidazole rings is 1. The smallest absolute Gasteiger partial charge is 0.319 e. The molecule has 2 amide bonds. The molecule has 6 rings (SSSR count). The molecular weight excluding hydrogens is 460 g/mol. The predicted octanol–water partition coefficient (Wildman–Crippen LogP) is 4.44. The van der Waals surface area contributed by atoms with Gasteiger partial charge in [-0.05, 0) is 25.0 Å². The van der Waals surface area contributed by atoms with Crippen molar-refractivity contribution in [2.75, 3.05) is 32.9 Å². The van der Waals surface area contributed by atoms with Gasteiger partial charge in [-0.3, -0.25) is 4.40 Å². The molecule has 0 spiro atoms. The van der Waals surface area contributed by atoms with E-state index in [2.05, 4.69) is 37.6 Å². The Bertz CT molecular complexity index is 1530. The van der Waals surface area contributed by atoms with Crippen LogP contribution in [0.1, 0.15) is 24.6 Å². The lowest BCUT2D eigenvalue weighted by Crippen LogP contribution is -2.43. The van der Waals surface area contributed by atoms with E-state index in [-0.39, 0.29) is 11.9 Å². The monoisotopic (exact) mass is 486 g/mol. The number of hydrogen-bond donors (Lipinski definition) is 2. The van der Waals surface area contributed by atoms with E-state index in [1.165, 1.54) is 0 Å². The quantitative estimate of drug-likeness (QED) is 0.392. The van der Waals surface area contributed by atoms with Gasteiger partial charge >= 0.3 is 6.03 Å². The van der Waals surface area contributed by atoms with Crippen LogP contribution in [-0.2, 0) is 0 Å². The first kappa shape index (κ1) is 21.6. The Morgan fingerprint density at radius 3 is 2.77 bits per heavy atom. The van der Waals surface area contributed by atoms with Gasteiger partial charge in [0, 0.05) is 68.0 Å². The lowest BCUT2D eigenvalue weighted by Gasteiger charge is -2.33. The molecule has 10 heteroatoms. The molecule has 1 aliphatic rings. The molecule has 4 aromatic heterocycles. The van der Waals surface area contributed by atoms with Gasteiger partial charge in [-0.15, -0.1) is 11.3 Å². The summed E-state index contributed by atoms with van der Waals surface area (Å²) in [5.41, 5.74) is 11.0. The standard InChI is InChI=1S/C25H26N8OS/c1-31(2)25(34)32-10-6-15(7-11-32)23-30-20(21-22(26)27-8-12-33(21)23)18-14-16-4-3-5-17(19(16)29-18)24-28-9-13-35-24/h3-5,8-9,12-15,29H,6-7,10-11H2,1-2H3,(H2,26,27). The summed E-state index contributed by atoms with van der Waals surface area (Å²) in [7, 11) is 3.58. The SMILES string of the molecule is CN(C)C(=O)N1CCC(c2nc(-c3cc4cccc(-c5nccs5)c4[nH]3)c3c(N)nccn23)CC1. The fraction of sp³-hybridized carbons (Fsp3) is 0.280. The molecule has 5 heterocycles. The number of nitrogens with two attached hydrogens (primary N) is 1. The van der Waals surface area contributed by atoms with Crippen LogP contribution in [0.15, 0.2) is 48.2 Å². The van der Waals surface area contributed by atoms with Crippen LogP contribution in [0.5, 0.6) is 0 Å². The maximum Gasteiger partial charge on any atom is 0.319 e. The van der Waals surface area contributed by atoms with Crippen molar-refractivity contribution in [2.45, 2.75) is 18.8 Å². The van der Waals surface area contributed by atoms with Crippen molar-refractivity contribution in [1.29, 1.82) is 0 Å². The number of aromatic nitrogens is 5. The molecule has 0 saturated carbocycles. The van der Waals surface area contributed by atoms with Crippen molar-refractivity contribution in [3.8, 4) is 22.0 Å². The van der Waals surface area contributed by atoms with Gasteiger partial charge in [0.2, 0.25) is 0 Å². The molecule has 0 aliphatic carbocycles. The molecule has 1 aromatic carbocycles. The van der Waals surface area contributed by atoms with Gasteiger partial charge in [0.1, 0.15) is 27.9 Å². The summed E-state index contributed by atoms with van der Waals surface area (Å²) in [5.74, 6) is 1.62. The number of benzene rings is 1. The first-order valence-electron chi connectivity index (χ1n) is 11.6. The molecule has 1 fully saturated rings. The number of nitrogens with zero attached hydrogens (tertiary/aromatic N) is 6. The molecule has 0 radical (unpaired) electrons. The third-order valence-corrected chi connectivity index (χ3v) is 7.50. The van der Waals surface area contributed by atoms with Crippen LogP contribution in [-0.4, -0.2) is 67.4 Å². The number of urea groups is 1. The largest absolute Gasteiger partial charge is 0.382 e. The number of fused-ring (bicyclic) bond motifs is 2. The van der Waals surface area contributed by atoms with Gasteiger partial charge in [-0.2, -0.15) is 0 Å². The fourth-order valence-corrected chi connectivity index (χ4v) is 5.66. The summed E-state index contributed by atoms with van der Waals surface area (Å²) >= 11 is 1.62. The van der Waals surface area contributed by atoms with Crippen LogP contribution < -0.4 is 5.73 Å². The average molecular weight is 487 g/mol. The number of nitrogen functional groups attached to an aromatic ring is 1. The van der Waals surface area contributed by atoms with Crippen molar-refractivity contribution in [2.24, 2.45) is 0 Å². The molecule has 0 atom stereocenters. The van der Waals surface area contributed by atoms with Crippen molar-refractivity contribution in [3.63, 3.8) is 0 Å². The second-order valence-electron chi connectivity index (χ2n) is 9.08. The Morgan fingerprint density at radius 1 is 1.20 bits per heavy atom. The van der Waals surface area contributed by atoms with E-state index in [0.29, 0.717) is 18.9 Å². The maximum atomic E-state index is 12.4. The zero-order valence-electron chi connectivity index (χ0n) is 19.6. The molecule has 1 saturated heterocycles. The molecule has 5 aromatic rings. The van der Waals surface area contributed by atoms with Crippen LogP contribution >= 0.6 is 11.3 Å². The molecule has 3 N–H and O–H groups in total. The van der Waals surface area contributed by atoms with Gasteiger partial charge < -0.3 is 20.5 Å². The minimum absolute atomic E-state index is 0.0553. The number of anilines is 1. The van der Waals surface area contributed by atoms with Gasteiger partial charge in [0.15, 0.2) is 0 Å². The molecule has 178 valence electrons. The third-order valence-electron chi connectivity index (χ3n) is 6.70. The first-order chi connectivity index (χ1) is 17.0. The molecule has 0 unspecified atom stereocenters. The highest BCUT2D eigenvalue weighted by molar-refractivity contribution is 7.13. The zero-order valence-corrected chi connectivity index (χ0v) is 20.4. The molecule has 9 nitrogen and oxygen atoms in total. The van der Waals surface area contributed by atoms with E-state index >= 15 is 0 Å². The highest BCUT2D eigenvalue weighted by Gasteiger charge is 2.29. The number of likely N-dealkylation sites (tertiary alicyclic amines) is 1. The Kier molecular flexibility index (Phi) is 5.18. The van der Waals surface area contributed by atoms with E-state index in [9.17, 15) is 4.79 Å². The highest BCUT2D eigenvalue weighted by Crippen LogP contribution is 2.37. The topological polar surface area (TPSA) is 108 Å². The van der Waals surface area contributed by atoms with Gasteiger partial charge in [-0.25, -0.2) is 19.7 Å². The predicted molar refractivity (Wildman–Crippen MR) is 138 cm³/mol. The number of thiazole rings is 1. The molecule has 35 heavy (non-hydrogen) atoms. The van der Waals surface area contributed by atoms with Crippen LogP contribution in [0.25, 0.3) is 38.4 Å². The number of carbonyl (C=O) groups excluding carboxylic acids is 1. The van der Waals surface area contributed by atoms with Crippen LogP contribution in [0, 0.1) is 0 Å². The second kappa shape index (κ2) is 8.38. The Balaban J connectivity index is 1.42. The lowest BCUT2D eigenvalue weighted by atomic mass is 9.96. The van der Waals surface area contributed by atoms with E-state index in [1.807, 2.05) is 28.7 Å². The number of piperidine rings is 1. The van der Waals surface area contributed by atoms with Crippen LogP contribution in [0.4, 0.5) is 10.6 Å². The minimum Gasteiger partial charge on any atom is -0.382 e. The summed E-state index contributed by atoms with van der Waals surface area (Å²) < 4.78 is 2.07. The van der Waals surface area contributed by atoms with Gasteiger partial charge in [-0.1, -0.05) is 12.1 Å². The summed E-state index contributed by atoms with van der Waals surface area (Å²) in [4.78, 5) is 33.5. The normalized spacial score (nSPS) is 14.7. The van der Waals surface area contributed by atoms with E-state index in [4.69, 9.17) is 10.7 Å². The van der Waals surface area contributed by atoms with Crippen LogP contribution in [0.3, 0.4) is 0 Å². The van der Waals surface area contributed by atoms with Gasteiger partial charge in [0.25, 0.3) is 0 Å². The number of carbonyl (C=O) groups is 1. The molecule has 0 bridgehead atoms. The van der Waals surface area contributed by atoms with Crippen molar-refractivity contribution in [3.05, 3.63) is 54.1 Å². The van der Waals surface area contributed by atoms with Crippen molar-refractivity contribution >= 4 is 39.6 Å². The summed E-state index contributed by atoms with van der Waals surface area (Å²) in [5, 5.41) is 4.05. The molecule has 1 aliphatic heterocycles. The number of rotatable bonds is 3. The Hall–Kier alpha value is -3.92.